The third kappa shape index (κ3) is 3.29. The number of carbonyl (C=O) groups is 1. The average Bonchev–Trinajstić information content (AvgIpc) is 2.77. The molecule has 106 valence electrons. The number of benzene rings is 1. The summed E-state index contributed by atoms with van der Waals surface area (Å²) in [6.07, 6.45) is 6.29. The molecule has 0 fully saturated rings. The average molecular weight is 271 g/mol. The zero-order valence-corrected chi connectivity index (χ0v) is 12.5. The van der Waals surface area contributed by atoms with Crippen LogP contribution in [0.4, 0.5) is 0 Å². The largest absolute Gasteiger partial charge is 0.457 e. The molecule has 0 radical (unpaired) electrons. The Hall–Kier alpha value is -2.03. The smallest absolute Gasteiger partial charge is 0.331 e. The number of H-pyrrole nitrogens is 1. The molecule has 3 nitrogen and oxygen atoms in total. The van der Waals surface area contributed by atoms with Gasteiger partial charge in [0.05, 0.1) is 0 Å². The number of nitrogens with one attached hydrogen (secondary N) is 1. The Labute approximate surface area is 119 Å². The summed E-state index contributed by atoms with van der Waals surface area (Å²) < 4.78 is 5.28. The molecule has 0 spiro atoms. The molecule has 0 aliphatic carbocycles. The van der Waals surface area contributed by atoms with Crippen molar-refractivity contribution in [1.82, 2.24) is 4.98 Å². The highest BCUT2D eigenvalue weighted by molar-refractivity contribution is 5.95. The van der Waals surface area contributed by atoms with Gasteiger partial charge in [0.1, 0.15) is 5.60 Å². The van der Waals surface area contributed by atoms with Crippen LogP contribution in [0.1, 0.15) is 38.8 Å². The molecule has 0 saturated carbocycles. The molecule has 0 aliphatic rings. The van der Waals surface area contributed by atoms with Crippen molar-refractivity contribution in [2.45, 2.75) is 39.7 Å². The minimum atomic E-state index is -0.462. The monoisotopic (exact) mass is 271 g/mol. The zero-order chi connectivity index (χ0) is 14.8. The maximum Gasteiger partial charge on any atom is 0.331 e. The van der Waals surface area contributed by atoms with Gasteiger partial charge in [-0.1, -0.05) is 19.1 Å². The van der Waals surface area contributed by atoms with Gasteiger partial charge in [-0.05, 0) is 50.5 Å². The molecule has 1 aromatic heterocycles. The first-order chi connectivity index (χ1) is 9.40. The Morgan fingerprint density at radius 2 is 2.10 bits per heavy atom. The molecule has 1 heterocycles. The number of aromatic amines is 1. The van der Waals surface area contributed by atoms with Gasteiger partial charge in [0, 0.05) is 23.2 Å². The number of hydrogen-bond donors (Lipinski definition) is 1. The molecule has 0 unspecified atom stereocenters. The van der Waals surface area contributed by atoms with E-state index in [1.807, 2.05) is 51.2 Å². The molecule has 2 aromatic rings. The van der Waals surface area contributed by atoms with Gasteiger partial charge in [0.25, 0.3) is 0 Å². The molecule has 0 amide bonds. The summed E-state index contributed by atoms with van der Waals surface area (Å²) in [6, 6.07) is 6.03. The van der Waals surface area contributed by atoms with Crippen molar-refractivity contribution in [2.24, 2.45) is 0 Å². The van der Waals surface area contributed by atoms with Crippen LogP contribution in [0.3, 0.4) is 0 Å². The van der Waals surface area contributed by atoms with E-state index in [0.29, 0.717) is 0 Å². The lowest BCUT2D eigenvalue weighted by atomic mass is 10.0. The van der Waals surface area contributed by atoms with E-state index in [2.05, 4.69) is 11.9 Å². The van der Waals surface area contributed by atoms with Gasteiger partial charge in [-0.25, -0.2) is 4.79 Å². The second-order valence-electron chi connectivity index (χ2n) is 5.80. The predicted octanol–water partition coefficient (Wildman–Crippen LogP) is 4.09. The fourth-order valence-electron chi connectivity index (χ4n) is 2.20. The summed E-state index contributed by atoms with van der Waals surface area (Å²) >= 11 is 0. The molecule has 3 heteroatoms. The summed E-state index contributed by atoms with van der Waals surface area (Å²) in [5, 5.41) is 1.18. The van der Waals surface area contributed by atoms with Gasteiger partial charge in [-0.15, -0.1) is 0 Å². The van der Waals surface area contributed by atoms with Crippen LogP contribution in [0.15, 0.2) is 30.5 Å². The van der Waals surface area contributed by atoms with Gasteiger partial charge in [-0.2, -0.15) is 0 Å². The second kappa shape index (κ2) is 5.53. The highest BCUT2D eigenvalue weighted by atomic mass is 16.6. The molecule has 20 heavy (non-hydrogen) atoms. The van der Waals surface area contributed by atoms with Crippen LogP contribution >= 0.6 is 0 Å². The molecule has 0 saturated heterocycles. The summed E-state index contributed by atoms with van der Waals surface area (Å²) in [4.78, 5) is 15.0. The van der Waals surface area contributed by atoms with Crippen molar-refractivity contribution in [3.8, 4) is 0 Å². The van der Waals surface area contributed by atoms with E-state index in [9.17, 15) is 4.79 Å². The summed E-state index contributed by atoms with van der Waals surface area (Å²) in [5.74, 6) is -0.317. The summed E-state index contributed by atoms with van der Waals surface area (Å²) in [5.41, 5.74) is 2.92. The molecule has 2 rings (SSSR count). The Balaban J connectivity index is 2.30. The van der Waals surface area contributed by atoms with Crippen LogP contribution in [0, 0.1) is 0 Å². The van der Waals surface area contributed by atoms with E-state index in [1.165, 1.54) is 17.0 Å². The molecular weight excluding hydrogens is 250 g/mol. The van der Waals surface area contributed by atoms with E-state index in [0.717, 1.165) is 17.5 Å². The molecular formula is C17H21NO2. The lowest BCUT2D eigenvalue weighted by Gasteiger charge is -2.17. The fraction of sp³-hybridized carbons (Fsp3) is 0.353. The van der Waals surface area contributed by atoms with Gasteiger partial charge in [0.2, 0.25) is 0 Å². The first-order valence-electron chi connectivity index (χ1n) is 6.91. The Morgan fingerprint density at radius 1 is 1.35 bits per heavy atom. The lowest BCUT2D eigenvalue weighted by Crippen LogP contribution is -2.22. The number of aryl methyl sites for hydroxylation is 1. The van der Waals surface area contributed by atoms with Gasteiger partial charge >= 0.3 is 5.97 Å². The Bertz CT molecular complexity index is 645. The normalized spacial score (nSPS) is 12.2. The van der Waals surface area contributed by atoms with Gasteiger partial charge in [-0.3, -0.25) is 0 Å². The third-order valence-electron chi connectivity index (χ3n) is 3.01. The number of ether oxygens (including phenoxy) is 1. The summed E-state index contributed by atoms with van der Waals surface area (Å²) in [7, 11) is 0. The number of carbonyl (C=O) groups excluding carboxylic acids is 1. The lowest BCUT2D eigenvalue weighted by molar-refractivity contribution is -0.148. The second-order valence-corrected chi connectivity index (χ2v) is 5.80. The maximum absolute atomic E-state index is 11.7. The van der Waals surface area contributed by atoms with Crippen LogP contribution in [0.2, 0.25) is 0 Å². The van der Waals surface area contributed by atoms with Crippen LogP contribution in [0.5, 0.6) is 0 Å². The van der Waals surface area contributed by atoms with Crippen LogP contribution in [0.25, 0.3) is 17.0 Å². The number of esters is 1. The highest BCUT2D eigenvalue weighted by Gasteiger charge is 2.14. The first kappa shape index (κ1) is 14.4. The van der Waals surface area contributed by atoms with Crippen molar-refractivity contribution in [3.63, 3.8) is 0 Å². The summed E-state index contributed by atoms with van der Waals surface area (Å²) in [6.45, 7) is 7.71. The molecule has 1 N–H and O–H groups in total. The quantitative estimate of drug-likeness (QED) is 0.675. The van der Waals surface area contributed by atoms with E-state index in [4.69, 9.17) is 4.74 Å². The van der Waals surface area contributed by atoms with Crippen molar-refractivity contribution in [2.75, 3.05) is 0 Å². The van der Waals surface area contributed by atoms with Crippen molar-refractivity contribution in [3.05, 3.63) is 41.6 Å². The van der Waals surface area contributed by atoms with Crippen molar-refractivity contribution >= 4 is 22.9 Å². The molecule has 0 bridgehead atoms. The Morgan fingerprint density at radius 3 is 2.75 bits per heavy atom. The maximum atomic E-state index is 11.7. The van der Waals surface area contributed by atoms with Crippen molar-refractivity contribution in [1.29, 1.82) is 0 Å². The molecule has 0 atom stereocenters. The van der Waals surface area contributed by atoms with Crippen LogP contribution < -0.4 is 0 Å². The number of hydrogen-bond acceptors (Lipinski definition) is 2. The number of fused-ring (bicyclic) bond motifs is 1. The first-order valence-corrected chi connectivity index (χ1v) is 6.91. The molecule has 0 aliphatic heterocycles. The van der Waals surface area contributed by atoms with E-state index >= 15 is 0 Å². The third-order valence-corrected chi connectivity index (χ3v) is 3.01. The topological polar surface area (TPSA) is 42.1 Å². The van der Waals surface area contributed by atoms with E-state index in [1.54, 1.807) is 0 Å². The SMILES string of the molecule is CCc1c[nH]c2cccc(/C=C/C(=O)OC(C)(C)C)c12. The van der Waals surface area contributed by atoms with Crippen LogP contribution in [-0.4, -0.2) is 16.6 Å². The van der Waals surface area contributed by atoms with Crippen LogP contribution in [-0.2, 0) is 16.0 Å². The van der Waals surface area contributed by atoms with E-state index < -0.39 is 5.60 Å². The molecule has 1 aromatic carbocycles. The number of rotatable bonds is 3. The van der Waals surface area contributed by atoms with Gasteiger partial charge < -0.3 is 9.72 Å². The fourth-order valence-corrected chi connectivity index (χ4v) is 2.20. The number of aromatic nitrogens is 1. The minimum Gasteiger partial charge on any atom is -0.457 e. The minimum absolute atomic E-state index is 0.317. The Kier molecular flexibility index (Phi) is 3.98. The predicted molar refractivity (Wildman–Crippen MR) is 82.6 cm³/mol. The highest BCUT2D eigenvalue weighted by Crippen LogP contribution is 2.24. The standard InChI is InChI=1S/C17H21NO2/c1-5-12-11-18-14-8-6-7-13(16(12)14)9-10-15(19)20-17(2,3)4/h6-11,18H,5H2,1-4H3/b10-9+. The zero-order valence-electron chi connectivity index (χ0n) is 12.5. The van der Waals surface area contributed by atoms with Gasteiger partial charge in [0.15, 0.2) is 0 Å². The van der Waals surface area contributed by atoms with E-state index in [-0.39, 0.29) is 5.97 Å². The van der Waals surface area contributed by atoms with Crippen molar-refractivity contribution < 1.29 is 9.53 Å².